The van der Waals surface area contributed by atoms with Crippen LogP contribution in [0.1, 0.15) is 5.69 Å². The fourth-order valence-corrected chi connectivity index (χ4v) is 2.24. The fraction of sp³-hybridized carbons (Fsp3) is 0.0625. The minimum atomic E-state index is -0.693. The molecule has 0 N–H and O–H groups in total. The molecule has 3 aromatic rings. The van der Waals surface area contributed by atoms with Crippen LogP contribution in [0, 0.1) is 23.0 Å². The zero-order chi connectivity index (χ0) is 15.7. The number of aryl methyl sites for hydroxylation is 1. The summed E-state index contributed by atoms with van der Waals surface area (Å²) < 4.78 is 29.0. The average Bonchev–Trinajstić information content (AvgIpc) is 2.90. The summed E-state index contributed by atoms with van der Waals surface area (Å²) in [5.41, 5.74) is 1.65. The van der Waals surface area contributed by atoms with E-state index in [0.29, 0.717) is 16.8 Å². The molecule has 0 saturated carbocycles. The molecule has 0 atom stereocenters. The minimum absolute atomic E-state index is 0.235. The van der Waals surface area contributed by atoms with Crippen LogP contribution < -0.4 is 0 Å². The maximum absolute atomic E-state index is 14.3. The van der Waals surface area contributed by atoms with Gasteiger partial charge in [0, 0.05) is 36.1 Å². The van der Waals surface area contributed by atoms with Gasteiger partial charge < -0.3 is 0 Å². The molecule has 2 aromatic heterocycles. The van der Waals surface area contributed by atoms with Crippen LogP contribution in [0.4, 0.5) is 8.78 Å². The second-order valence-corrected chi connectivity index (χ2v) is 4.70. The summed E-state index contributed by atoms with van der Waals surface area (Å²) in [5, 5.41) is 13.2. The number of rotatable bonds is 2. The molecule has 0 amide bonds. The number of hydrogen-bond acceptors (Lipinski definition) is 3. The van der Waals surface area contributed by atoms with E-state index in [4.69, 9.17) is 5.26 Å². The van der Waals surface area contributed by atoms with Crippen molar-refractivity contribution in [1.29, 1.82) is 5.26 Å². The minimum Gasteiger partial charge on any atom is -0.275 e. The monoisotopic (exact) mass is 296 g/mol. The molecule has 0 aliphatic carbocycles. The van der Waals surface area contributed by atoms with Gasteiger partial charge in [-0.2, -0.15) is 10.4 Å². The Labute approximate surface area is 125 Å². The Balaban J connectivity index is 2.21. The number of aromatic nitrogens is 3. The number of hydrogen-bond donors (Lipinski definition) is 0. The topological polar surface area (TPSA) is 54.5 Å². The molecule has 4 nitrogen and oxygen atoms in total. The van der Waals surface area contributed by atoms with Gasteiger partial charge in [-0.25, -0.2) is 13.8 Å². The molecule has 0 unspecified atom stereocenters. The van der Waals surface area contributed by atoms with E-state index in [9.17, 15) is 8.78 Å². The van der Waals surface area contributed by atoms with E-state index in [2.05, 4.69) is 10.1 Å². The van der Waals surface area contributed by atoms with Crippen LogP contribution in [0.5, 0.6) is 0 Å². The highest BCUT2D eigenvalue weighted by Gasteiger charge is 2.18. The molecule has 6 heteroatoms. The maximum Gasteiger partial charge on any atom is 0.176 e. The summed E-state index contributed by atoms with van der Waals surface area (Å²) in [7, 11) is 1.71. The van der Waals surface area contributed by atoms with Gasteiger partial charge in [0.2, 0.25) is 0 Å². The molecule has 0 fully saturated rings. The third kappa shape index (κ3) is 2.33. The first-order valence-corrected chi connectivity index (χ1v) is 6.44. The normalized spacial score (nSPS) is 10.5. The Hall–Kier alpha value is -3.07. The zero-order valence-electron chi connectivity index (χ0n) is 11.6. The molecule has 0 spiro atoms. The fourth-order valence-electron chi connectivity index (χ4n) is 2.24. The number of halogens is 2. The Morgan fingerprint density at radius 2 is 1.82 bits per heavy atom. The van der Waals surface area contributed by atoms with E-state index in [1.807, 2.05) is 0 Å². The van der Waals surface area contributed by atoms with Gasteiger partial charge in [-0.05, 0) is 30.3 Å². The lowest BCUT2D eigenvalue weighted by Gasteiger charge is -2.05. The highest BCUT2D eigenvalue weighted by Crippen LogP contribution is 2.32. The smallest absolute Gasteiger partial charge is 0.176 e. The lowest BCUT2D eigenvalue weighted by atomic mass is 10.0. The summed E-state index contributed by atoms with van der Waals surface area (Å²) in [6, 6.07) is 8.99. The van der Waals surface area contributed by atoms with E-state index in [0.717, 1.165) is 0 Å². The van der Waals surface area contributed by atoms with Gasteiger partial charge in [-0.1, -0.05) is 0 Å². The number of nitrogens with zero attached hydrogens (tertiary/aromatic N) is 4. The molecule has 0 aliphatic rings. The standard InChI is InChI=1S/C16H10F2N4/c1-22-9-13(12-6-7-20-14(8-19)15(12)18)16(21-22)10-2-4-11(17)5-3-10/h2-7,9H,1H3. The van der Waals surface area contributed by atoms with E-state index in [1.54, 1.807) is 36.1 Å². The Kier molecular flexibility index (Phi) is 3.39. The molecular formula is C16H10F2N4. The Bertz CT molecular complexity index is 876. The summed E-state index contributed by atoms with van der Waals surface area (Å²) >= 11 is 0. The lowest BCUT2D eigenvalue weighted by molar-refractivity contribution is 0.620. The number of pyridine rings is 1. The second-order valence-electron chi connectivity index (χ2n) is 4.70. The van der Waals surface area contributed by atoms with Crippen molar-refractivity contribution in [2.45, 2.75) is 0 Å². The van der Waals surface area contributed by atoms with Crippen molar-refractivity contribution in [1.82, 2.24) is 14.8 Å². The summed E-state index contributed by atoms with van der Waals surface area (Å²) in [6.07, 6.45) is 3.02. The number of benzene rings is 1. The highest BCUT2D eigenvalue weighted by atomic mass is 19.1. The molecule has 0 radical (unpaired) electrons. The molecule has 22 heavy (non-hydrogen) atoms. The molecule has 2 heterocycles. The molecule has 0 saturated heterocycles. The van der Waals surface area contributed by atoms with Crippen LogP contribution in [0.15, 0.2) is 42.7 Å². The predicted octanol–water partition coefficient (Wildman–Crippen LogP) is 3.30. The van der Waals surface area contributed by atoms with Gasteiger partial charge in [0.05, 0.1) is 0 Å². The van der Waals surface area contributed by atoms with Crippen LogP contribution in [0.3, 0.4) is 0 Å². The summed E-state index contributed by atoms with van der Waals surface area (Å²) in [4.78, 5) is 3.69. The molecule has 0 bridgehead atoms. The predicted molar refractivity (Wildman–Crippen MR) is 76.5 cm³/mol. The van der Waals surface area contributed by atoms with Crippen LogP contribution in [-0.4, -0.2) is 14.8 Å². The number of nitriles is 1. The van der Waals surface area contributed by atoms with Crippen molar-refractivity contribution in [3.63, 3.8) is 0 Å². The van der Waals surface area contributed by atoms with Crippen molar-refractivity contribution in [3.8, 4) is 28.5 Å². The lowest BCUT2D eigenvalue weighted by Crippen LogP contribution is -1.93. The van der Waals surface area contributed by atoms with Crippen molar-refractivity contribution in [3.05, 3.63) is 60.1 Å². The van der Waals surface area contributed by atoms with E-state index >= 15 is 0 Å². The molecule has 108 valence electrons. The summed E-state index contributed by atoms with van der Waals surface area (Å²) in [5.74, 6) is -1.05. The van der Waals surface area contributed by atoms with Gasteiger partial charge >= 0.3 is 0 Å². The summed E-state index contributed by atoms with van der Waals surface area (Å²) in [6.45, 7) is 0. The van der Waals surface area contributed by atoms with Crippen LogP contribution in [0.2, 0.25) is 0 Å². The van der Waals surface area contributed by atoms with E-state index in [1.165, 1.54) is 24.4 Å². The van der Waals surface area contributed by atoms with Crippen LogP contribution in [-0.2, 0) is 7.05 Å². The SMILES string of the molecule is Cn1cc(-c2ccnc(C#N)c2F)c(-c2ccc(F)cc2)n1. The molecular weight excluding hydrogens is 286 g/mol. The Morgan fingerprint density at radius 1 is 1.09 bits per heavy atom. The Morgan fingerprint density at radius 3 is 2.50 bits per heavy atom. The quantitative estimate of drug-likeness (QED) is 0.729. The largest absolute Gasteiger partial charge is 0.275 e. The van der Waals surface area contributed by atoms with E-state index < -0.39 is 5.82 Å². The first kappa shape index (κ1) is 13.9. The van der Waals surface area contributed by atoms with Gasteiger partial charge in [0.25, 0.3) is 0 Å². The highest BCUT2D eigenvalue weighted by molar-refractivity contribution is 5.81. The van der Waals surface area contributed by atoms with Gasteiger partial charge in [0.15, 0.2) is 11.5 Å². The third-order valence-corrected chi connectivity index (χ3v) is 3.23. The third-order valence-electron chi connectivity index (χ3n) is 3.23. The van der Waals surface area contributed by atoms with E-state index in [-0.39, 0.29) is 17.1 Å². The maximum atomic E-state index is 14.3. The van der Waals surface area contributed by atoms with Gasteiger partial charge in [0.1, 0.15) is 17.6 Å². The first-order chi connectivity index (χ1) is 10.6. The van der Waals surface area contributed by atoms with Crippen molar-refractivity contribution in [2.24, 2.45) is 7.05 Å². The average molecular weight is 296 g/mol. The van der Waals surface area contributed by atoms with Gasteiger partial charge in [-0.3, -0.25) is 4.68 Å². The van der Waals surface area contributed by atoms with Crippen molar-refractivity contribution < 1.29 is 8.78 Å². The van der Waals surface area contributed by atoms with Crippen molar-refractivity contribution in [2.75, 3.05) is 0 Å². The first-order valence-electron chi connectivity index (χ1n) is 6.44. The van der Waals surface area contributed by atoms with Crippen molar-refractivity contribution >= 4 is 0 Å². The van der Waals surface area contributed by atoms with Crippen LogP contribution >= 0.6 is 0 Å². The molecule has 0 aliphatic heterocycles. The second kappa shape index (κ2) is 5.37. The molecule has 1 aromatic carbocycles. The molecule has 3 rings (SSSR count). The zero-order valence-corrected chi connectivity index (χ0v) is 11.6. The van der Waals surface area contributed by atoms with Gasteiger partial charge in [-0.15, -0.1) is 0 Å². The van der Waals surface area contributed by atoms with Crippen LogP contribution in [0.25, 0.3) is 22.4 Å².